The van der Waals surface area contributed by atoms with Crippen LogP contribution in [0.3, 0.4) is 0 Å². The summed E-state index contributed by atoms with van der Waals surface area (Å²) < 4.78 is 22.6. The maximum atomic E-state index is 16.1. The summed E-state index contributed by atoms with van der Waals surface area (Å²) in [4.78, 5) is 32.3. The van der Waals surface area contributed by atoms with Gasteiger partial charge in [-0.05, 0) is 99.4 Å². The van der Waals surface area contributed by atoms with Gasteiger partial charge in [-0.3, -0.25) is 9.69 Å². The quantitative estimate of drug-likeness (QED) is 0.268. The van der Waals surface area contributed by atoms with Crippen LogP contribution in [0.5, 0.6) is 6.01 Å². The van der Waals surface area contributed by atoms with Gasteiger partial charge < -0.3 is 19.4 Å². The van der Waals surface area contributed by atoms with Crippen LogP contribution in [0.4, 0.5) is 10.2 Å². The van der Waals surface area contributed by atoms with Crippen molar-refractivity contribution >= 4 is 22.6 Å². The van der Waals surface area contributed by atoms with Crippen LogP contribution in [0, 0.1) is 12.4 Å². The Morgan fingerprint density at radius 1 is 1.09 bits per heavy atom. The predicted octanol–water partition coefficient (Wildman–Crippen LogP) is 5.44. The summed E-state index contributed by atoms with van der Waals surface area (Å²) in [6.07, 6.45) is 10.1. The Morgan fingerprint density at radius 2 is 1.91 bits per heavy atom. The number of carbonyl (C=O) groups is 1. The van der Waals surface area contributed by atoms with Gasteiger partial charge in [0.2, 0.25) is 12.5 Å². The summed E-state index contributed by atoms with van der Waals surface area (Å²) >= 11 is 0. The molecule has 0 unspecified atom stereocenters. The van der Waals surface area contributed by atoms with Crippen LogP contribution in [0.1, 0.15) is 49.7 Å². The van der Waals surface area contributed by atoms with Crippen molar-refractivity contribution in [3.63, 3.8) is 0 Å². The van der Waals surface area contributed by atoms with E-state index in [2.05, 4.69) is 27.3 Å². The maximum Gasteiger partial charge on any atom is 0.319 e. The summed E-state index contributed by atoms with van der Waals surface area (Å²) in [7, 11) is 0. The van der Waals surface area contributed by atoms with Gasteiger partial charge in [-0.25, -0.2) is 11.0 Å². The first-order valence-electron chi connectivity index (χ1n) is 16.0. The van der Waals surface area contributed by atoms with Crippen molar-refractivity contribution in [2.45, 2.75) is 62.9 Å². The van der Waals surface area contributed by atoms with Crippen molar-refractivity contribution in [1.29, 1.82) is 0 Å². The molecule has 8 nitrogen and oxygen atoms in total. The molecule has 0 bridgehead atoms. The number of amides is 1. The third-order valence-corrected chi connectivity index (χ3v) is 10.3. The average Bonchev–Trinajstić information content (AvgIpc) is 3.64. The van der Waals surface area contributed by atoms with Crippen LogP contribution in [0.2, 0.25) is 0 Å². The van der Waals surface area contributed by atoms with E-state index in [1.54, 1.807) is 11.0 Å². The minimum Gasteiger partial charge on any atom is -0.461 e. The third kappa shape index (κ3) is 5.09. The molecule has 2 aromatic carbocycles. The number of halogens is 1. The van der Waals surface area contributed by atoms with Gasteiger partial charge in [0.05, 0.1) is 11.1 Å². The van der Waals surface area contributed by atoms with E-state index in [1.807, 2.05) is 18.2 Å². The molecular formula is C35H39FN6O2. The van der Waals surface area contributed by atoms with Crippen LogP contribution in [-0.2, 0) is 17.6 Å². The smallest absolute Gasteiger partial charge is 0.319 e. The molecule has 1 amide bonds. The standard InChI is InChI=1S/C35H39FN6O2/c1-3-32(43)42-18-17-40(22-25(42)21-37-2)33-29-19-30(36)28(27-12-6-10-24-9-4-5-11-26(24)27)20-31(29)38-34(39-33)44-23-35-13-7-15-41(35)16-8-14-35/h3,6,10,12,19-20,25H,1,4-5,7-9,11,13-18,21-23H2/t25-/m0/s1. The SMILES string of the molecule is [C-]#[N+]C[C@H]1CN(c2nc(OCC34CCCN3CCC4)nc3cc(-c4cccc5c4CCCC5)c(F)cc23)CCN1C(=O)C=C. The summed E-state index contributed by atoms with van der Waals surface area (Å²) in [5.74, 6) is 0.0896. The molecule has 44 heavy (non-hydrogen) atoms. The molecule has 4 aliphatic rings. The lowest BCUT2D eigenvalue weighted by Crippen LogP contribution is -2.56. The Bertz CT molecular complexity index is 1640. The van der Waals surface area contributed by atoms with Gasteiger partial charge in [0, 0.05) is 30.6 Å². The largest absolute Gasteiger partial charge is 0.461 e. The fourth-order valence-corrected chi connectivity index (χ4v) is 8.03. The van der Waals surface area contributed by atoms with E-state index in [4.69, 9.17) is 21.3 Å². The molecule has 3 aliphatic heterocycles. The topological polar surface area (TPSA) is 66.2 Å². The van der Waals surface area contributed by atoms with E-state index >= 15 is 4.39 Å². The van der Waals surface area contributed by atoms with E-state index in [-0.39, 0.29) is 29.8 Å². The Balaban J connectivity index is 1.30. The molecule has 9 heteroatoms. The molecule has 1 aromatic heterocycles. The van der Waals surface area contributed by atoms with Crippen LogP contribution in [-0.4, -0.2) is 83.1 Å². The number of aromatic nitrogens is 2. The number of anilines is 1. The Morgan fingerprint density at radius 3 is 2.70 bits per heavy atom. The number of carbonyl (C=O) groups excluding carboxylic acids is 1. The zero-order valence-corrected chi connectivity index (χ0v) is 25.2. The number of hydrogen-bond acceptors (Lipinski definition) is 6. The zero-order chi connectivity index (χ0) is 30.3. The van der Waals surface area contributed by atoms with Gasteiger partial charge in [-0.2, -0.15) is 9.97 Å². The number of nitrogens with zero attached hydrogens (tertiary/aromatic N) is 6. The Kier molecular flexibility index (Phi) is 7.71. The molecule has 3 fully saturated rings. The van der Waals surface area contributed by atoms with Crippen molar-refractivity contribution in [3.05, 3.63) is 71.3 Å². The lowest BCUT2D eigenvalue weighted by atomic mass is 9.85. The number of ether oxygens (including phenoxy) is 1. The zero-order valence-electron chi connectivity index (χ0n) is 25.2. The van der Waals surface area contributed by atoms with Crippen molar-refractivity contribution in [3.8, 4) is 17.1 Å². The molecule has 7 rings (SSSR count). The maximum absolute atomic E-state index is 16.1. The van der Waals surface area contributed by atoms with E-state index in [0.717, 1.165) is 57.2 Å². The molecule has 0 saturated carbocycles. The van der Waals surface area contributed by atoms with E-state index in [0.29, 0.717) is 54.5 Å². The number of rotatable bonds is 7. The first-order valence-corrected chi connectivity index (χ1v) is 16.0. The van der Waals surface area contributed by atoms with Gasteiger partial charge in [0.15, 0.2) is 0 Å². The monoisotopic (exact) mass is 594 g/mol. The molecule has 3 aromatic rings. The molecule has 4 heterocycles. The lowest BCUT2D eigenvalue weighted by Gasteiger charge is -2.39. The first-order chi connectivity index (χ1) is 21.5. The van der Waals surface area contributed by atoms with Crippen molar-refractivity contribution in [2.24, 2.45) is 0 Å². The van der Waals surface area contributed by atoms with Crippen molar-refractivity contribution < 1.29 is 13.9 Å². The number of benzene rings is 2. The number of hydrogen-bond donors (Lipinski definition) is 0. The van der Waals surface area contributed by atoms with Gasteiger partial charge in [-0.1, -0.05) is 24.8 Å². The minimum absolute atomic E-state index is 0.0347. The molecule has 0 N–H and O–H groups in total. The average molecular weight is 595 g/mol. The van der Waals surface area contributed by atoms with Crippen molar-refractivity contribution in [2.75, 3.05) is 50.8 Å². The second kappa shape index (κ2) is 11.8. The number of fused-ring (bicyclic) bond motifs is 3. The highest BCUT2D eigenvalue weighted by Gasteiger charge is 2.45. The molecule has 3 saturated heterocycles. The molecule has 1 atom stereocenters. The fourth-order valence-electron chi connectivity index (χ4n) is 8.03. The van der Waals surface area contributed by atoms with Crippen LogP contribution in [0.25, 0.3) is 26.9 Å². The number of piperazine rings is 1. The highest BCUT2D eigenvalue weighted by Crippen LogP contribution is 2.40. The number of aryl methyl sites for hydroxylation is 1. The lowest BCUT2D eigenvalue weighted by molar-refractivity contribution is -0.128. The molecular weight excluding hydrogens is 555 g/mol. The Labute approximate surface area is 258 Å². The van der Waals surface area contributed by atoms with Crippen LogP contribution >= 0.6 is 0 Å². The fraction of sp³-hybridized carbons (Fsp3) is 0.486. The summed E-state index contributed by atoms with van der Waals surface area (Å²) in [6.45, 7) is 15.4. The summed E-state index contributed by atoms with van der Waals surface area (Å²) in [5.41, 5.74) is 4.69. The molecule has 228 valence electrons. The molecule has 0 spiro atoms. The van der Waals surface area contributed by atoms with Crippen LogP contribution < -0.4 is 9.64 Å². The first kappa shape index (κ1) is 28.7. The minimum atomic E-state index is -0.328. The Hall–Kier alpha value is -4.03. The third-order valence-electron chi connectivity index (χ3n) is 10.3. The second-order valence-electron chi connectivity index (χ2n) is 12.7. The van der Waals surface area contributed by atoms with E-state index in [9.17, 15) is 4.79 Å². The van der Waals surface area contributed by atoms with Crippen LogP contribution in [0.15, 0.2) is 43.0 Å². The summed E-state index contributed by atoms with van der Waals surface area (Å²) in [6, 6.07) is 9.59. The normalized spacial score (nSPS) is 21.1. The van der Waals surface area contributed by atoms with Gasteiger partial charge in [0.25, 0.3) is 0 Å². The molecule has 0 radical (unpaired) electrons. The van der Waals surface area contributed by atoms with Gasteiger partial charge in [-0.15, -0.1) is 0 Å². The molecule has 1 aliphatic carbocycles. The van der Waals surface area contributed by atoms with E-state index < -0.39 is 0 Å². The second-order valence-corrected chi connectivity index (χ2v) is 12.7. The highest BCUT2D eigenvalue weighted by molar-refractivity contribution is 5.94. The van der Waals surface area contributed by atoms with Crippen molar-refractivity contribution in [1.82, 2.24) is 19.8 Å². The predicted molar refractivity (Wildman–Crippen MR) is 169 cm³/mol. The van der Waals surface area contributed by atoms with E-state index in [1.165, 1.54) is 30.0 Å². The van der Waals surface area contributed by atoms with Gasteiger partial charge >= 0.3 is 6.01 Å². The highest BCUT2D eigenvalue weighted by atomic mass is 19.1. The van der Waals surface area contributed by atoms with Gasteiger partial charge in [0.1, 0.15) is 24.3 Å². The summed E-state index contributed by atoms with van der Waals surface area (Å²) in [5, 5.41) is 0.606.